The van der Waals surface area contributed by atoms with E-state index in [1.807, 2.05) is 24.3 Å². The van der Waals surface area contributed by atoms with Crippen molar-refractivity contribution in [2.45, 2.75) is 19.3 Å². The molecular weight excluding hydrogens is 523 g/mol. The summed E-state index contributed by atoms with van der Waals surface area (Å²) in [6.07, 6.45) is 5.21. The summed E-state index contributed by atoms with van der Waals surface area (Å²) in [6, 6.07) is 40.4. The van der Waals surface area contributed by atoms with Crippen LogP contribution in [0.2, 0.25) is 0 Å². The molecule has 0 spiro atoms. The first-order valence-corrected chi connectivity index (χ1v) is 16.9. The lowest BCUT2D eigenvalue weighted by Crippen LogP contribution is -2.33. The van der Waals surface area contributed by atoms with Crippen molar-refractivity contribution in [1.82, 2.24) is 0 Å². The molecule has 2 nitrogen and oxygen atoms in total. The fourth-order valence-electron chi connectivity index (χ4n) is 4.79. The zero-order valence-corrected chi connectivity index (χ0v) is 23.7. The Balaban J connectivity index is 1.27. The topological polar surface area (TPSA) is 26.3 Å². The van der Waals surface area contributed by atoms with Crippen molar-refractivity contribution < 1.29 is 9.53 Å². The van der Waals surface area contributed by atoms with Crippen LogP contribution in [0.25, 0.3) is 4.91 Å². The van der Waals surface area contributed by atoms with E-state index >= 15 is 0 Å². The second kappa shape index (κ2) is 12.7. The molecule has 0 aromatic heterocycles. The largest absolute Gasteiger partial charge is 0.427 e. The van der Waals surface area contributed by atoms with Crippen LogP contribution in [0, 0.1) is 0 Å². The Morgan fingerprint density at radius 3 is 1.68 bits per heavy atom. The van der Waals surface area contributed by atoms with E-state index in [-0.39, 0.29) is 5.97 Å². The normalized spacial score (nSPS) is 13.3. The molecule has 5 rings (SSSR count). The quantitative estimate of drug-likeness (QED) is 0.0653. The standard InChI is InChI=1S/C33H30O2PS2/c1-26-25-32(38-37-26)27-20-22-28(23-21-27)35-33(34)19-11-12-24-36(29-13-5-2-6-14-29,30-15-7-3-8-16-30)31-17-9-4-10-18-31/h2-10,13-18,20-23,25H,1,11-12,19,24H2/q+1. The molecule has 5 heteroatoms. The maximum atomic E-state index is 12.7. The average molecular weight is 554 g/mol. The highest BCUT2D eigenvalue weighted by atomic mass is 33.1. The Hall–Kier alpha value is -3.04. The molecule has 0 bridgehead atoms. The summed E-state index contributed by atoms with van der Waals surface area (Å²) in [5.41, 5.74) is 1.11. The molecule has 0 unspecified atom stereocenters. The van der Waals surface area contributed by atoms with Crippen molar-refractivity contribution in [2.75, 3.05) is 6.16 Å². The average Bonchev–Trinajstić information content (AvgIpc) is 3.41. The van der Waals surface area contributed by atoms with E-state index in [9.17, 15) is 4.79 Å². The Labute approximate surface area is 234 Å². The molecule has 0 amide bonds. The summed E-state index contributed by atoms with van der Waals surface area (Å²) in [6.45, 7) is 3.99. The highest BCUT2D eigenvalue weighted by molar-refractivity contribution is 8.82. The number of carbonyl (C=O) groups excluding carboxylic acids is 1. The molecule has 0 radical (unpaired) electrons. The minimum atomic E-state index is -1.87. The van der Waals surface area contributed by atoms with Crippen molar-refractivity contribution in [3.05, 3.63) is 138 Å². The van der Waals surface area contributed by atoms with Gasteiger partial charge in [0.15, 0.2) is 0 Å². The van der Waals surface area contributed by atoms with Gasteiger partial charge in [-0.05, 0) is 73.0 Å². The van der Waals surface area contributed by atoms with Crippen molar-refractivity contribution in [1.29, 1.82) is 0 Å². The van der Waals surface area contributed by atoms with Gasteiger partial charge in [-0.3, -0.25) is 4.79 Å². The van der Waals surface area contributed by atoms with Gasteiger partial charge < -0.3 is 4.74 Å². The van der Waals surface area contributed by atoms with Crippen molar-refractivity contribution >= 4 is 55.6 Å². The summed E-state index contributed by atoms with van der Waals surface area (Å²) < 4.78 is 5.66. The van der Waals surface area contributed by atoms with Crippen LogP contribution in [0.4, 0.5) is 0 Å². The van der Waals surface area contributed by atoms with Crippen LogP contribution in [0.5, 0.6) is 5.75 Å². The second-order valence-electron chi connectivity index (χ2n) is 9.14. The summed E-state index contributed by atoms with van der Waals surface area (Å²) in [5, 5.41) is 4.12. The lowest BCUT2D eigenvalue weighted by atomic mass is 10.2. The SMILES string of the molecule is C=C1C=C(c2ccc(OC(=O)CCCC[P+](c3ccccc3)(c3ccccc3)c3ccccc3)cc2)SS1. The Morgan fingerprint density at radius 1 is 0.684 bits per heavy atom. The lowest BCUT2D eigenvalue weighted by Gasteiger charge is -2.27. The first kappa shape index (κ1) is 26.6. The van der Waals surface area contributed by atoms with Crippen LogP contribution < -0.4 is 20.7 Å². The van der Waals surface area contributed by atoms with Gasteiger partial charge in [-0.2, -0.15) is 0 Å². The van der Waals surface area contributed by atoms with Crippen molar-refractivity contribution in [2.24, 2.45) is 0 Å². The Bertz CT molecular complexity index is 1310. The number of allylic oxidation sites excluding steroid dienone is 1. The first-order valence-electron chi connectivity index (χ1n) is 12.8. The fraction of sp³-hybridized carbons (Fsp3) is 0.121. The van der Waals surface area contributed by atoms with Crippen LogP contribution in [0.1, 0.15) is 24.8 Å². The monoisotopic (exact) mass is 553 g/mol. The summed E-state index contributed by atoms with van der Waals surface area (Å²) in [5.74, 6) is 0.410. The third kappa shape index (κ3) is 6.15. The van der Waals surface area contributed by atoms with Gasteiger partial charge >= 0.3 is 5.97 Å². The molecule has 190 valence electrons. The van der Waals surface area contributed by atoms with Crippen LogP contribution in [-0.2, 0) is 4.79 Å². The minimum Gasteiger partial charge on any atom is -0.427 e. The Morgan fingerprint density at radius 2 is 1.21 bits per heavy atom. The van der Waals surface area contributed by atoms with Crippen LogP contribution in [0.15, 0.2) is 133 Å². The van der Waals surface area contributed by atoms with Gasteiger partial charge in [0.1, 0.15) is 28.9 Å². The van der Waals surface area contributed by atoms with E-state index in [1.54, 1.807) is 21.6 Å². The molecule has 38 heavy (non-hydrogen) atoms. The van der Waals surface area contributed by atoms with Gasteiger partial charge in [0.25, 0.3) is 0 Å². The van der Waals surface area contributed by atoms with Crippen molar-refractivity contribution in [3.8, 4) is 5.75 Å². The molecule has 0 saturated heterocycles. The molecular formula is C33H30O2PS2+. The molecule has 0 aliphatic carbocycles. The van der Waals surface area contributed by atoms with E-state index in [4.69, 9.17) is 4.74 Å². The number of carbonyl (C=O) groups is 1. The molecule has 0 fully saturated rings. The molecule has 1 aliphatic rings. The number of hydrogen-bond acceptors (Lipinski definition) is 4. The van der Waals surface area contributed by atoms with Gasteiger partial charge in [-0.1, -0.05) is 94.9 Å². The lowest BCUT2D eigenvalue weighted by molar-refractivity contribution is -0.134. The van der Waals surface area contributed by atoms with Crippen molar-refractivity contribution in [3.63, 3.8) is 0 Å². The number of ether oxygens (including phenoxy) is 1. The molecule has 0 saturated carbocycles. The Kier molecular flexibility index (Phi) is 8.86. The molecule has 0 N–H and O–H groups in total. The van der Waals surface area contributed by atoms with Gasteiger partial charge in [-0.25, -0.2) is 0 Å². The van der Waals surface area contributed by atoms with E-state index in [0.717, 1.165) is 29.5 Å². The third-order valence-electron chi connectivity index (χ3n) is 6.62. The van der Waals surface area contributed by atoms with Gasteiger partial charge in [0, 0.05) is 16.2 Å². The third-order valence-corrected chi connectivity index (χ3v) is 13.5. The minimum absolute atomic E-state index is 0.181. The number of benzene rings is 4. The predicted molar refractivity (Wildman–Crippen MR) is 168 cm³/mol. The smallest absolute Gasteiger partial charge is 0.311 e. The van der Waals surface area contributed by atoms with Crippen LogP contribution in [-0.4, -0.2) is 12.1 Å². The molecule has 1 heterocycles. The first-order chi connectivity index (χ1) is 18.6. The molecule has 4 aromatic rings. The maximum absolute atomic E-state index is 12.7. The summed E-state index contributed by atoms with van der Waals surface area (Å²) in [4.78, 5) is 14.9. The highest BCUT2D eigenvalue weighted by Crippen LogP contribution is 2.56. The number of unbranched alkanes of at least 4 members (excludes halogenated alkanes) is 1. The molecule has 4 aromatic carbocycles. The van der Waals surface area contributed by atoms with E-state index in [0.29, 0.717) is 12.2 Å². The van der Waals surface area contributed by atoms with E-state index < -0.39 is 7.26 Å². The number of rotatable bonds is 10. The number of esters is 1. The van der Waals surface area contributed by atoms with Gasteiger partial charge in [-0.15, -0.1) is 0 Å². The highest BCUT2D eigenvalue weighted by Gasteiger charge is 2.44. The van der Waals surface area contributed by atoms with E-state index in [1.165, 1.54) is 20.8 Å². The van der Waals surface area contributed by atoms with Crippen LogP contribution in [0.3, 0.4) is 0 Å². The van der Waals surface area contributed by atoms with Crippen LogP contribution >= 0.6 is 28.9 Å². The van der Waals surface area contributed by atoms with Gasteiger partial charge in [0.2, 0.25) is 0 Å². The number of hydrogen-bond donors (Lipinski definition) is 0. The molecule has 1 aliphatic heterocycles. The molecule has 0 atom stereocenters. The maximum Gasteiger partial charge on any atom is 0.311 e. The summed E-state index contributed by atoms with van der Waals surface area (Å²) >= 11 is 0. The second-order valence-corrected chi connectivity index (χ2v) is 15.1. The van der Waals surface area contributed by atoms with E-state index in [2.05, 4.69) is 104 Å². The zero-order chi connectivity index (χ0) is 26.2. The zero-order valence-electron chi connectivity index (χ0n) is 21.2. The predicted octanol–water partition coefficient (Wildman–Crippen LogP) is 8.01. The summed E-state index contributed by atoms with van der Waals surface area (Å²) in [7, 11) is 1.51. The fourth-order valence-corrected chi connectivity index (χ4v) is 11.2. The van der Waals surface area contributed by atoms with Gasteiger partial charge in [0.05, 0.1) is 6.16 Å².